The maximum absolute atomic E-state index is 12.3. The fraction of sp³-hybridized carbons (Fsp3) is 0.588. The molecule has 1 aromatic rings. The monoisotopic (exact) mass is 380 g/mol. The molecule has 0 aliphatic carbocycles. The summed E-state index contributed by atoms with van der Waals surface area (Å²) in [6, 6.07) is 6.61. The summed E-state index contributed by atoms with van der Waals surface area (Å²) in [7, 11) is 0. The van der Waals surface area contributed by atoms with Gasteiger partial charge in [-0.3, -0.25) is 14.6 Å². The first-order valence-electron chi connectivity index (χ1n) is 8.35. The molecule has 23 heavy (non-hydrogen) atoms. The van der Waals surface area contributed by atoms with Crippen LogP contribution in [0.4, 0.5) is 5.69 Å². The van der Waals surface area contributed by atoms with Crippen LogP contribution in [0, 0.1) is 6.92 Å². The minimum absolute atomic E-state index is 0.0754. The van der Waals surface area contributed by atoms with E-state index in [-0.39, 0.29) is 5.91 Å². The van der Waals surface area contributed by atoms with Crippen LogP contribution in [-0.4, -0.2) is 67.6 Å². The van der Waals surface area contributed by atoms with E-state index in [9.17, 15) is 4.79 Å². The van der Waals surface area contributed by atoms with Gasteiger partial charge in [-0.05, 0) is 43.7 Å². The number of nitrogens with one attached hydrogen (secondary N) is 2. The fourth-order valence-corrected chi connectivity index (χ4v) is 3.87. The number of nitrogens with zero attached hydrogens (tertiary/aromatic N) is 2. The standard InChI is InChI=1S/C17H25BrN4O/c1-13-10-14(18)2-3-16(13)20-17(23)12-21-6-8-22(9-7-21)15-4-5-19-11-15/h2-3,10,15,19H,4-9,11-12H2,1H3,(H,20,23). The van der Waals surface area contributed by atoms with E-state index in [2.05, 4.69) is 36.4 Å². The van der Waals surface area contributed by atoms with Gasteiger partial charge < -0.3 is 10.6 Å². The highest BCUT2D eigenvalue weighted by Crippen LogP contribution is 2.20. The molecule has 2 N–H and O–H groups in total. The Bertz CT molecular complexity index is 552. The molecule has 0 saturated carbocycles. The number of halogens is 1. The Labute approximate surface area is 146 Å². The summed E-state index contributed by atoms with van der Waals surface area (Å²) in [6.07, 6.45) is 1.25. The molecule has 2 saturated heterocycles. The van der Waals surface area contributed by atoms with Crippen LogP contribution in [0.2, 0.25) is 0 Å². The Morgan fingerprint density at radius 1 is 1.35 bits per heavy atom. The average molecular weight is 381 g/mol. The van der Waals surface area contributed by atoms with Gasteiger partial charge in [0.05, 0.1) is 6.54 Å². The van der Waals surface area contributed by atoms with Crippen LogP contribution in [0.5, 0.6) is 0 Å². The lowest BCUT2D eigenvalue weighted by atomic mass is 10.2. The van der Waals surface area contributed by atoms with Gasteiger partial charge in [0.2, 0.25) is 5.91 Å². The molecule has 126 valence electrons. The van der Waals surface area contributed by atoms with E-state index < -0.39 is 0 Å². The minimum atomic E-state index is 0.0754. The maximum Gasteiger partial charge on any atom is 0.238 e. The molecule has 0 aromatic heterocycles. The zero-order valence-electron chi connectivity index (χ0n) is 13.6. The van der Waals surface area contributed by atoms with Gasteiger partial charge in [-0.25, -0.2) is 0 Å². The number of hydrogen-bond donors (Lipinski definition) is 2. The highest BCUT2D eigenvalue weighted by Gasteiger charge is 2.26. The van der Waals surface area contributed by atoms with E-state index >= 15 is 0 Å². The van der Waals surface area contributed by atoms with Gasteiger partial charge >= 0.3 is 0 Å². The van der Waals surface area contributed by atoms with Crippen molar-refractivity contribution in [2.24, 2.45) is 0 Å². The number of anilines is 1. The Hall–Kier alpha value is -0.950. The topological polar surface area (TPSA) is 47.6 Å². The highest BCUT2D eigenvalue weighted by atomic mass is 79.9. The third-order valence-corrected chi connectivity index (χ3v) is 5.28. The third kappa shape index (κ3) is 4.53. The van der Waals surface area contributed by atoms with Crippen molar-refractivity contribution >= 4 is 27.5 Å². The van der Waals surface area contributed by atoms with Crippen molar-refractivity contribution in [3.63, 3.8) is 0 Å². The van der Waals surface area contributed by atoms with Crippen LogP contribution in [0.25, 0.3) is 0 Å². The summed E-state index contributed by atoms with van der Waals surface area (Å²) in [4.78, 5) is 17.1. The highest BCUT2D eigenvalue weighted by molar-refractivity contribution is 9.10. The molecule has 5 nitrogen and oxygen atoms in total. The molecule has 2 heterocycles. The predicted molar refractivity (Wildman–Crippen MR) is 96.8 cm³/mol. The first-order valence-corrected chi connectivity index (χ1v) is 9.14. The SMILES string of the molecule is Cc1cc(Br)ccc1NC(=O)CN1CCN(C2CCNC2)CC1. The lowest BCUT2D eigenvalue weighted by Crippen LogP contribution is -2.52. The molecule has 2 aliphatic rings. The summed E-state index contributed by atoms with van der Waals surface area (Å²) < 4.78 is 1.03. The summed E-state index contributed by atoms with van der Waals surface area (Å²) in [6.45, 7) is 8.82. The van der Waals surface area contributed by atoms with Crippen molar-refractivity contribution in [1.82, 2.24) is 15.1 Å². The van der Waals surface area contributed by atoms with Crippen molar-refractivity contribution < 1.29 is 4.79 Å². The summed E-state index contributed by atoms with van der Waals surface area (Å²) in [5, 5.41) is 6.45. The van der Waals surface area contributed by atoms with Crippen LogP contribution in [0.15, 0.2) is 22.7 Å². The fourth-order valence-electron chi connectivity index (χ4n) is 3.40. The molecule has 2 aliphatic heterocycles. The van der Waals surface area contributed by atoms with E-state index in [0.29, 0.717) is 12.6 Å². The first-order chi connectivity index (χ1) is 11.1. The van der Waals surface area contributed by atoms with Crippen molar-refractivity contribution in [1.29, 1.82) is 0 Å². The zero-order chi connectivity index (χ0) is 16.2. The summed E-state index contributed by atoms with van der Waals surface area (Å²) in [5.41, 5.74) is 1.97. The van der Waals surface area contributed by atoms with E-state index in [0.717, 1.165) is 55.0 Å². The number of piperazine rings is 1. The smallest absolute Gasteiger partial charge is 0.238 e. The van der Waals surface area contributed by atoms with Gasteiger partial charge in [0.15, 0.2) is 0 Å². The van der Waals surface area contributed by atoms with Crippen molar-refractivity contribution in [2.45, 2.75) is 19.4 Å². The molecule has 1 atom stereocenters. The Balaban J connectivity index is 1.45. The van der Waals surface area contributed by atoms with Crippen LogP contribution < -0.4 is 10.6 Å². The molecule has 1 aromatic carbocycles. The molecule has 1 amide bonds. The summed E-state index contributed by atoms with van der Waals surface area (Å²) >= 11 is 3.45. The van der Waals surface area contributed by atoms with E-state index in [1.165, 1.54) is 6.42 Å². The molecular formula is C17H25BrN4O. The normalized spacial score (nSPS) is 23.1. The van der Waals surface area contributed by atoms with Gasteiger partial charge in [0.1, 0.15) is 0 Å². The van der Waals surface area contributed by atoms with Crippen molar-refractivity contribution in [3.8, 4) is 0 Å². The van der Waals surface area contributed by atoms with Crippen LogP contribution in [-0.2, 0) is 4.79 Å². The van der Waals surface area contributed by atoms with E-state index in [4.69, 9.17) is 0 Å². The van der Waals surface area contributed by atoms with Gasteiger partial charge in [0.25, 0.3) is 0 Å². The lowest BCUT2D eigenvalue weighted by Gasteiger charge is -2.37. The molecule has 3 rings (SSSR count). The number of benzene rings is 1. The van der Waals surface area contributed by atoms with Crippen LogP contribution in [0.3, 0.4) is 0 Å². The van der Waals surface area contributed by atoms with Gasteiger partial charge in [-0.15, -0.1) is 0 Å². The number of hydrogen-bond acceptors (Lipinski definition) is 4. The molecular weight excluding hydrogens is 356 g/mol. The second kappa shape index (κ2) is 7.75. The Morgan fingerprint density at radius 2 is 2.13 bits per heavy atom. The second-order valence-corrected chi connectivity index (χ2v) is 7.38. The maximum atomic E-state index is 12.3. The molecule has 0 bridgehead atoms. The van der Waals surface area contributed by atoms with E-state index in [1.54, 1.807) is 0 Å². The quantitative estimate of drug-likeness (QED) is 0.833. The average Bonchev–Trinajstić information content (AvgIpc) is 3.05. The molecule has 6 heteroatoms. The number of carbonyl (C=O) groups excluding carboxylic acids is 1. The number of amides is 1. The van der Waals surface area contributed by atoms with E-state index in [1.807, 2.05) is 25.1 Å². The number of aryl methyl sites for hydroxylation is 1. The summed E-state index contributed by atoms with van der Waals surface area (Å²) in [5.74, 6) is 0.0754. The predicted octanol–water partition coefficient (Wildman–Crippen LogP) is 1.68. The molecule has 0 radical (unpaired) electrons. The van der Waals surface area contributed by atoms with Crippen molar-refractivity contribution in [3.05, 3.63) is 28.2 Å². The van der Waals surface area contributed by atoms with Gasteiger partial charge in [-0.1, -0.05) is 15.9 Å². The Kier molecular flexibility index (Phi) is 5.69. The minimum Gasteiger partial charge on any atom is -0.325 e. The number of carbonyl (C=O) groups is 1. The van der Waals surface area contributed by atoms with Gasteiger partial charge in [0, 0.05) is 48.9 Å². The first kappa shape index (κ1) is 16.9. The molecule has 0 spiro atoms. The Morgan fingerprint density at radius 3 is 2.78 bits per heavy atom. The van der Waals surface area contributed by atoms with Crippen LogP contribution in [0.1, 0.15) is 12.0 Å². The van der Waals surface area contributed by atoms with Gasteiger partial charge in [-0.2, -0.15) is 0 Å². The number of rotatable bonds is 4. The van der Waals surface area contributed by atoms with Crippen molar-refractivity contribution in [2.75, 3.05) is 51.1 Å². The largest absolute Gasteiger partial charge is 0.325 e. The zero-order valence-corrected chi connectivity index (χ0v) is 15.2. The molecule has 2 fully saturated rings. The van der Waals surface area contributed by atoms with Crippen LogP contribution >= 0.6 is 15.9 Å². The second-order valence-electron chi connectivity index (χ2n) is 6.47. The third-order valence-electron chi connectivity index (χ3n) is 4.79. The molecule has 1 unspecified atom stereocenters. The lowest BCUT2D eigenvalue weighted by molar-refractivity contribution is -0.117.